The Morgan fingerprint density at radius 3 is 2.76 bits per heavy atom. The van der Waals surface area contributed by atoms with Gasteiger partial charge in [-0.1, -0.05) is 24.9 Å². The van der Waals surface area contributed by atoms with E-state index in [-0.39, 0.29) is 6.10 Å². The van der Waals surface area contributed by atoms with Gasteiger partial charge in [0.2, 0.25) is 5.89 Å². The number of nitrogens with one attached hydrogen (secondary N) is 1. The summed E-state index contributed by atoms with van der Waals surface area (Å²) in [6.07, 6.45) is 5.15. The van der Waals surface area contributed by atoms with Crippen molar-refractivity contribution in [3.63, 3.8) is 0 Å². The van der Waals surface area contributed by atoms with Crippen LogP contribution >= 0.6 is 0 Å². The molecule has 2 rings (SSSR count). The van der Waals surface area contributed by atoms with Gasteiger partial charge >= 0.3 is 0 Å². The SMILES string of the molecule is CCOC(C)c1noc(CNC(=NC)N(C)CC2CCC(C)CC2)n1. The Morgan fingerprint density at radius 1 is 1.40 bits per heavy atom. The van der Waals surface area contributed by atoms with Crippen molar-refractivity contribution in [1.82, 2.24) is 20.4 Å². The molecule has 0 saturated heterocycles. The first kappa shape index (κ1) is 19.7. The molecule has 7 nitrogen and oxygen atoms in total. The summed E-state index contributed by atoms with van der Waals surface area (Å²) in [5.74, 6) is 3.61. The van der Waals surface area contributed by atoms with Crippen molar-refractivity contribution < 1.29 is 9.26 Å². The third-order valence-electron chi connectivity index (χ3n) is 4.90. The Kier molecular flexibility index (Phi) is 7.68. The Morgan fingerprint density at radius 2 is 2.12 bits per heavy atom. The number of ether oxygens (including phenoxy) is 1. The highest BCUT2D eigenvalue weighted by atomic mass is 16.5. The predicted octanol–water partition coefficient (Wildman–Crippen LogP) is 3.00. The van der Waals surface area contributed by atoms with Crippen LogP contribution in [0.4, 0.5) is 0 Å². The van der Waals surface area contributed by atoms with Gasteiger partial charge in [-0.3, -0.25) is 4.99 Å². The molecular formula is C18H33N5O2. The second kappa shape index (κ2) is 9.75. The molecule has 1 saturated carbocycles. The maximum Gasteiger partial charge on any atom is 0.246 e. The quantitative estimate of drug-likeness (QED) is 0.601. The second-order valence-corrected chi connectivity index (χ2v) is 7.05. The van der Waals surface area contributed by atoms with Gasteiger partial charge in [-0.05, 0) is 38.5 Å². The Hall–Kier alpha value is -1.63. The van der Waals surface area contributed by atoms with Gasteiger partial charge in [0.25, 0.3) is 0 Å². The highest BCUT2D eigenvalue weighted by Gasteiger charge is 2.21. The summed E-state index contributed by atoms with van der Waals surface area (Å²) in [6, 6.07) is 0. The molecular weight excluding hydrogens is 318 g/mol. The lowest BCUT2D eigenvalue weighted by molar-refractivity contribution is 0.0683. The first-order chi connectivity index (χ1) is 12.0. The number of aromatic nitrogens is 2. The molecule has 0 spiro atoms. The van der Waals surface area contributed by atoms with E-state index < -0.39 is 0 Å². The van der Waals surface area contributed by atoms with Crippen LogP contribution in [0.2, 0.25) is 0 Å². The largest absolute Gasteiger partial charge is 0.371 e. The zero-order valence-electron chi connectivity index (χ0n) is 16.3. The van der Waals surface area contributed by atoms with Crippen molar-refractivity contribution >= 4 is 5.96 Å². The summed E-state index contributed by atoms with van der Waals surface area (Å²) < 4.78 is 10.8. The van der Waals surface area contributed by atoms with Crippen LogP contribution in [0.25, 0.3) is 0 Å². The van der Waals surface area contributed by atoms with Crippen molar-refractivity contribution in [1.29, 1.82) is 0 Å². The lowest BCUT2D eigenvalue weighted by Gasteiger charge is -2.31. The topological polar surface area (TPSA) is 75.8 Å². The molecule has 1 N–H and O–H groups in total. The maximum absolute atomic E-state index is 5.48. The molecule has 25 heavy (non-hydrogen) atoms. The zero-order valence-corrected chi connectivity index (χ0v) is 16.3. The second-order valence-electron chi connectivity index (χ2n) is 7.05. The van der Waals surface area contributed by atoms with Gasteiger partial charge in [-0.25, -0.2) is 0 Å². The minimum absolute atomic E-state index is 0.154. The van der Waals surface area contributed by atoms with E-state index in [4.69, 9.17) is 9.26 Å². The van der Waals surface area contributed by atoms with E-state index in [0.29, 0.717) is 24.9 Å². The molecule has 1 atom stereocenters. The normalized spacial score (nSPS) is 22.7. The van der Waals surface area contributed by atoms with Gasteiger partial charge in [0.1, 0.15) is 6.10 Å². The highest BCUT2D eigenvalue weighted by molar-refractivity contribution is 5.79. The van der Waals surface area contributed by atoms with Crippen LogP contribution in [0.3, 0.4) is 0 Å². The van der Waals surface area contributed by atoms with Crippen molar-refractivity contribution in [2.45, 2.75) is 59.1 Å². The number of hydrogen-bond donors (Lipinski definition) is 1. The zero-order chi connectivity index (χ0) is 18.2. The van der Waals surface area contributed by atoms with Gasteiger partial charge < -0.3 is 19.5 Å². The van der Waals surface area contributed by atoms with Crippen molar-refractivity contribution in [3.05, 3.63) is 11.7 Å². The van der Waals surface area contributed by atoms with Crippen molar-refractivity contribution in [3.8, 4) is 0 Å². The summed E-state index contributed by atoms with van der Waals surface area (Å²) >= 11 is 0. The molecule has 1 aliphatic rings. The molecule has 1 aromatic heterocycles. The van der Waals surface area contributed by atoms with Crippen LogP contribution in [0, 0.1) is 11.8 Å². The van der Waals surface area contributed by atoms with Crippen LogP contribution in [0.5, 0.6) is 0 Å². The molecule has 142 valence electrons. The molecule has 0 bridgehead atoms. The van der Waals surface area contributed by atoms with E-state index in [9.17, 15) is 0 Å². The van der Waals surface area contributed by atoms with Gasteiger partial charge in [0.05, 0.1) is 6.54 Å². The monoisotopic (exact) mass is 351 g/mol. The van der Waals surface area contributed by atoms with Crippen molar-refractivity contribution in [2.24, 2.45) is 16.8 Å². The maximum atomic E-state index is 5.48. The van der Waals surface area contributed by atoms with Crippen LogP contribution in [0.15, 0.2) is 9.52 Å². The first-order valence-corrected chi connectivity index (χ1v) is 9.39. The van der Waals surface area contributed by atoms with Crippen LogP contribution < -0.4 is 5.32 Å². The molecule has 1 aromatic rings. The number of rotatable bonds is 7. The Bertz CT molecular complexity index is 537. The van der Waals surface area contributed by atoms with Gasteiger partial charge in [-0.2, -0.15) is 4.98 Å². The number of aliphatic imine (C=N–C) groups is 1. The van der Waals surface area contributed by atoms with E-state index >= 15 is 0 Å². The fraction of sp³-hybridized carbons (Fsp3) is 0.833. The molecule has 0 radical (unpaired) electrons. The Balaban J connectivity index is 1.81. The molecule has 1 unspecified atom stereocenters. The van der Waals surface area contributed by atoms with Crippen molar-refractivity contribution in [2.75, 3.05) is 27.2 Å². The fourth-order valence-electron chi connectivity index (χ4n) is 3.35. The third-order valence-corrected chi connectivity index (χ3v) is 4.90. The van der Waals surface area contributed by atoms with Crippen LogP contribution in [-0.4, -0.2) is 48.2 Å². The average molecular weight is 351 g/mol. The highest BCUT2D eigenvalue weighted by Crippen LogP contribution is 2.28. The minimum atomic E-state index is -0.154. The lowest BCUT2D eigenvalue weighted by atomic mass is 9.83. The number of nitrogens with zero attached hydrogens (tertiary/aromatic N) is 4. The lowest BCUT2D eigenvalue weighted by Crippen LogP contribution is -2.41. The van der Waals surface area contributed by atoms with E-state index in [0.717, 1.165) is 24.3 Å². The molecule has 1 heterocycles. The number of guanidine groups is 1. The summed E-state index contributed by atoms with van der Waals surface area (Å²) in [4.78, 5) is 10.9. The Labute approximate surface area is 151 Å². The molecule has 1 fully saturated rings. The van der Waals surface area contributed by atoms with E-state index in [2.05, 4.69) is 39.3 Å². The third kappa shape index (κ3) is 5.99. The van der Waals surface area contributed by atoms with Gasteiger partial charge in [-0.15, -0.1) is 0 Å². The average Bonchev–Trinajstić information content (AvgIpc) is 3.07. The summed E-state index contributed by atoms with van der Waals surface area (Å²) in [5, 5.41) is 7.29. The molecule has 7 heteroatoms. The van der Waals surface area contributed by atoms with E-state index in [1.165, 1.54) is 25.7 Å². The smallest absolute Gasteiger partial charge is 0.246 e. The van der Waals surface area contributed by atoms with E-state index in [1.807, 2.05) is 13.8 Å². The standard InChI is InChI=1S/C18H33N5O2/c1-6-24-14(3)17-21-16(25-22-17)11-20-18(19-4)23(5)12-15-9-7-13(2)8-10-15/h13-15H,6-12H2,1-5H3,(H,19,20). The van der Waals surface area contributed by atoms with Gasteiger partial charge in [0, 0.05) is 27.2 Å². The number of hydrogen-bond acceptors (Lipinski definition) is 5. The fourth-order valence-corrected chi connectivity index (χ4v) is 3.35. The summed E-state index contributed by atoms with van der Waals surface area (Å²) in [5.41, 5.74) is 0. The summed E-state index contributed by atoms with van der Waals surface area (Å²) in [7, 11) is 3.89. The van der Waals surface area contributed by atoms with Crippen LogP contribution in [0.1, 0.15) is 64.3 Å². The molecule has 0 amide bonds. The molecule has 0 aliphatic heterocycles. The van der Waals surface area contributed by atoms with Crippen LogP contribution in [-0.2, 0) is 11.3 Å². The first-order valence-electron chi connectivity index (χ1n) is 9.39. The predicted molar refractivity (Wildman–Crippen MR) is 98.3 cm³/mol. The van der Waals surface area contributed by atoms with E-state index in [1.54, 1.807) is 7.05 Å². The summed E-state index contributed by atoms with van der Waals surface area (Å²) in [6.45, 7) is 8.34. The minimum Gasteiger partial charge on any atom is -0.371 e. The molecule has 1 aliphatic carbocycles. The van der Waals surface area contributed by atoms with Gasteiger partial charge in [0.15, 0.2) is 11.8 Å². The molecule has 0 aromatic carbocycles.